The average molecular weight is 313 g/mol. The number of hydrogen-bond donors (Lipinski definition) is 1. The molecular formula is C16H19N5O2. The van der Waals surface area contributed by atoms with Gasteiger partial charge in [0.2, 0.25) is 11.7 Å². The Hall–Kier alpha value is -2.88. The lowest BCUT2D eigenvalue weighted by Gasteiger charge is -2.23. The Kier molecular flexibility index (Phi) is 5.31. The number of nitrogens with one attached hydrogen (secondary N) is 1. The van der Waals surface area contributed by atoms with Crippen molar-refractivity contribution in [2.75, 3.05) is 7.11 Å². The number of aromatic nitrogens is 3. The minimum absolute atomic E-state index is 0.00919. The molecule has 1 amide bonds. The van der Waals surface area contributed by atoms with Gasteiger partial charge in [0.15, 0.2) is 0 Å². The van der Waals surface area contributed by atoms with E-state index in [2.05, 4.69) is 15.5 Å². The Labute approximate surface area is 134 Å². The maximum absolute atomic E-state index is 12.3. The number of benzene rings is 1. The number of carbonyl (C=O) groups excluding carboxylic acids is 1. The van der Waals surface area contributed by atoms with Gasteiger partial charge in [0.05, 0.1) is 13.2 Å². The summed E-state index contributed by atoms with van der Waals surface area (Å²) in [6.45, 7) is 4.08. The van der Waals surface area contributed by atoms with Crippen LogP contribution in [0.5, 0.6) is 5.75 Å². The predicted octanol–water partition coefficient (Wildman–Crippen LogP) is 1.67. The van der Waals surface area contributed by atoms with Gasteiger partial charge in [-0.2, -0.15) is 5.26 Å². The lowest BCUT2D eigenvalue weighted by Crippen LogP contribution is -2.34. The van der Waals surface area contributed by atoms with Crippen LogP contribution < -0.4 is 10.1 Å². The van der Waals surface area contributed by atoms with Crippen LogP contribution in [0.25, 0.3) is 0 Å². The van der Waals surface area contributed by atoms with E-state index in [9.17, 15) is 4.79 Å². The quantitative estimate of drug-likeness (QED) is 0.875. The van der Waals surface area contributed by atoms with Crippen molar-refractivity contribution in [3.8, 4) is 11.8 Å². The molecule has 2 rings (SSSR count). The molecule has 1 aromatic heterocycles. The first-order valence-electron chi connectivity index (χ1n) is 7.26. The number of hydrogen-bond acceptors (Lipinski definition) is 5. The molecule has 1 atom stereocenters. The summed E-state index contributed by atoms with van der Waals surface area (Å²) >= 11 is 0. The third-order valence-electron chi connectivity index (χ3n) is 3.49. The van der Waals surface area contributed by atoms with E-state index in [4.69, 9.17) is 10.00 Å². The number of ether oxygens (including phenoxy) is 1. The van der Waals surface area contributed by atoms with Gasteiger partial charge >= 0.3 is 0 Å². The van der Waals surface area contributed by atoms with Gasteiger partial charge < -0.3 is 10.1 Å². The molecule has 0 aliphatic heterocycles. The summed E-state index contributed by atoms with van der Waals surface area (Å²) < 4.78 is 6.57. The molecule has 0 saturated carbocycles. The summed E-state index contributed by atoms with van der Waals surface area (Å²) in [4.78, 5) is 12.3. The molecule has 0 spiro atoms. The van der Waals surface area contributed by atoms with Gasteiger partial charge in [-0.15, -0.1) is 10.2 Å². The Bertz CT molecular complexity index is 700. The fourth-order valence-corrected chi connectivity index (χ4v) is 2.28. The molecule has 1 unspecified atom stereocenters. The van der Waals surface area contributed by atoms with Gasteiger partial charge in [-0.05, 0) is 23.6 Å². The van der Waals surface area contributed by atoms with Crippen molar-refractivity contribution >= 4 is 5.91 Å². The number of nitriles is 1. The van der Waals surface area contributed by atoms with E-state index in [1.54, 1.807) is 7.11 Å². The smallest absolute Gasteiger partial charge is 0.240 e. The normalized spacial score (nSPS) is 11.8. The molecule has 0 aliphatic carbocycles. The van der Waals surface area contributed by atoms with Gasteiger partial charge in [-0.3, -0.25) is 9.36 Å². The maximum Gasteiger partial charge on any atom is 0.240 e. The highest BCUT2D eigenvalue weighted by Crippen LogP contribution is 2.23. The summed E-state index contributed by atoms with van der Waals surface area (Å²) in [5.41, 5.74) is 0.999. The fourth-order valence-electron chi connectivity index (χ4n) is 2.28. The molecule has 7 nitrogen and oxygen atoms in total. The minimum Gasteiger partial charge on any atom is -0.497 e. The standard InChI is InChI=1S/C16H19N5O2/c1-11(2)16(12-4-6-13(23-3)7-5-12)19-15(22)9-21-10-18-20-14(21)8-17/h4-7,10-11,16H,9H2,1-3H3,(H,19,22). The van der Waals surface area contributed by atoms with Crippen LogP contribution >= 0.6 is 0 Å². The molecule has 1 heterocycles. The first-order valence-corrected chi connectivity index (χ1v) is 7.26. The first kappa shape index (κ1) is 16.5. The molecule has 0 bridgehead atoms. The summed E-state index contributed by atoms with van der Waals surface area (Å²) in [5.74, 6) is 0.899. The van der Waals surface area contributed by atoms with Gasteiger partial charge in [0.25, 0.3) is 0 Å². The van der Waals surface area contributed by atoms with E-state index < -0.39 is 0 Å². The van der Waals surface area contributed by atoms with Crippen LogP contribution in [-0.4, -0.2) is 27.8 Å². The van der Waals surface area contributed by atoms with E-state index in [1.165, 1.54) is 10.9 Å². The molecule has 1 aromatic carbocycles. The second-order valence-electron chi connectivity index (χ2n) is 5.46. The van der Waals surface area contributed by atoms with Crippen LogP contribution in [0.2, 0.25) is 0 Å². The second-order valence-corrected chi connectivity index (χ2v) is 5.46. The van der Waals surface area contributed by atoms with E-state index >= 15 is 0 Å². The Balaban J connectivity index is 2.09. The Morgan fingerprint density at radius 3 is 2.65 bits per heavy atom. The van der Waals surface area contributed by atoms with E-state index in [0.717, 1.165) is 11.3 Å². The van der Waals surface area contributed by atoms with Gasteiger partial charge in [0.1, 0.15) is 24.7 Å². The second kappa shape index (κ2) is 7.40. The molecule has 120 valence electrons. The molecule has 0 saturated heterocycles. The molecule has 0 aliphatic rings. The van der Waals surface area contributed by atoms with Crippen LogP contribution in [-0.2, 0) is 11.3 Å². The topological polar surface area (TPSA) is 92.8 Å². The largest absolute Gasteiger partial charge is 0.497 e. The van der Waals surface area contributed by atoms with Crippen LogP contribution in [0.1, 0.15) is 31.3 Å². The maximum atomic E-state index is 12.3. The third kappa shape index (κ3) is 4.07. The first-order chi connectivity index (χ1) is 11.0. The fraction of sp³-hybridized carbons (Fsp3) is 0.375. The Morgan fingerprint density at radius 1 is 1.39 bits per heavy atom. The van der Waals surface area contributed by atoms with Crippen molar-refractivity contribution in [1.82, 2.24) is 20.1 Å². The third-order valence-corrected chi connectivity index (χ3v) is 3.49. The zero-order valence-corrected chi connectivity index (χ0v) is 13.4. The van der Waals surface area contributed by atoms with E-state index in [0.29, 0.717) is 0 Å². The molecule has 1 N–H and O–H groups in total. The molecule has 23 heavy (non-hydrogen) atoms. The lowest BCUT2D eigenvalue weighted by atomic mass is 9.96. The minimum atomic E-state index is -0.198. The van der Waals surface area contributed by atoms with Crippen molar-refractivity contribution in [3.05, 3.63) is 42.0 Å². The zero-order chi connectivity index (χ0) is 16.8. The molecule has 2 aromatic rings. The number of carbonyl (C=O) groups is 1. The SMILES string of the molecule is COc1ccc(C(NC(=O)Cn2cnnc2C#N)C(C)C)cc1. The van der Waals surface area contributed by atoms with Crippen LogP contribution in [0.4, 0.5) is 0 Å². The molecular weight excluding hydrogens is 294 g/mol. The van der Waals surface area contributed by atoms with Crippen molar-refractivity contribution < 1.29 is 9.53 Å². The van der Waals surface area contributed by atoms with Crippen molar-refractivity contribution in [3.63, 3.8) is 0 Å². The molecule has 0 fully saturated rings. The molecule has 0 radical (unpaired) electrons. The van der Waals surface area contributed by atoms with E-state index in [-0.39, 0.29) is 30.2 Å². The predicted molar refractivity (Wildman–Crippen MR) is 83.5 cm³/mol. The number of rotatable bonds is 6. The highest BCUT2D eigenvalue weighted by Gasteiger charge is 2.19. The van der Waals surface area contributed by atoms with Crippen LogP contribution in [0.15, 0.2) is 30.6 Å². The molecule has 7 heteroatoms. The number of methoxy groups -OCH3 is 1. The van der Waals surface area contributed by atoms with Gasteiger partial charge in [0, 0.05) is 0 Å². The highest BCUT2D eigenvalue weighted by atomic mass is 16.5. The summed E-state index contributed by atoms with van der Waals surface area (Å²) in [6, 6.07) is 9.37. The summed E-state index contributed by atoms with van der Waals surface area (Å²) in [5, 5.41) is 19.2. The average Bonchev–Trinajstić information content (AvgIpc) is 2.99. The van der Waals surface area contributed by atoms with Crippen molar-refractivity contribution in [1.29, 1.82) is 5.26 Å². The van der Waals surface area contributed by atoms with Crippen LogP contribution in [0.3, 0.4) is 0 Å². The number of nitrogens with zero attached hydrogens (tertiary/aromatic N) is 4. The summed E-state index contributed by atoms with van der Waals surface area (Å²) in [7, 11) is 1.61. The van der Waals surface area contributed by atoms with Crippen LogP contribution in [0, 0.1) is 17.2 Å². The number of amides is 1. The highest BCUT2D eigenvalue weighted by molar-refractivity contribution is 5.76. The monoisotopic (exact) mass is 313 g/mol. The Morgan fingerprint density at radius 2 is 2.09 bits per heavy atom. The zero-order valence-electron chi connectivity index (χ0n) is 13.4. The van der Waals surface area contributed by atoms with Gasteiger partial charge in [-0.25, -0.2) is 0 Å². The summed E-state index contributed by atoms with van der Waals surface area (Å²) in [6.07, 6.45) is 1.37. The lowest BCUT2D eigenvalue weighted by molar-refractivity contribution is -0.122. The van der Waals surface area contributed by atoms with Gasteiger partial charge in [-0.1, -0.05) is 26.0 Å². The van der Waals surface area contributed by atoms with Crippen molar-refractivity contribution in [2.24, 2.45) is 5.92 Å². The van der Waals surface area contributed by atoms with Crippen molar-refractivity contribution in [2.45, 2.75) is 26.4 Å². The van der Waals surface area contributed by atoms with E-state index in [1.807, 2.05) is 44.2 Å².